The molecule has 8 heteroatoms. The van der Waals surface area contributed by atoms with Crippen LogP contribution in [0.1, 0.15) is 11.3 Å². The molecule has 2 rings (SSSR count). The molecule has 0 fully saturated rings. The number of aromatic amines is 2. The van der Waals surface area contributed by atoms with Crippen molar-refractivity contribution in [3.8, 4) is 5.75 Å². The first-order valence-corrected chi connectivity index (χ1v) is 6.41. The van der Waals surface area contributed by atoms with Crippen LogP contribution in [0.3, 0.4) is 0 Å². The summed E-state index contributed by atoms with van der Waals surface area (Å²) in [5.74, 6) is -0.327. The van der Waals surface area contributed by atoms with E-state index in [2.05, 4.69) is 36.7 Å². The zero-order valence-corrected chi connectivity index (χ0v) is 11.8. The van der Waals surface area contributed by atoms with Gasteiger partial charge < -0.3 is 10.2 Å². The minimum atomic E-state index is -0.383. The molecule has 0 unspecified atom stereocenters. The molecule has 1 aromatic heterocycles. The number of hydrogen-bond acceptors (Lipinski definition) is 4. The Bertz CT molecular complexity index is 705. The van der Waals surface area contributed by atoms with Gasteiger partial charge in [-0.2, -0.15) is 5.10 Å². The van der Waals surface area contributed by atoms with Crippen LogP contribution in [0.25, 0.3) is 0 Å². The normalized spacial score (nSPS) is 10.8. The first kappa shape index (κ1) is 14.1. The first-order chi connectivity index (χ1) is 9.54. The molecular weight excluding hydrogens is 328 g/mol. The molecular formula is C12H11BrN4O3. The van der Waals surface area contributed by atoms with Gasteiger partial charge in [-0.05, 0) is 18.2 Å². The van der Waals surface area contributed by atoms with Gasteiger partial charge >= 0.3 is 0 Å². The van der Waals surface area contributed by atoms with Crippen LogP contribution >= 0.6 is 15.9 Å². The van der Waals surface area contributed by atoms with Gasteiger partial charge in [-0.3, -0.25) is 14.7 Å². The molecule has 2 aromatic rings. The molecule has 20 heavy (non-hydrogen) atoms. The summed E-state index contributed by atoms with van der Waals surface area (Å²) in [5.41, 5.74) is 2.94. The van der Waals surface area contributed by atoms with Crippen LogP contribution in [0.4, 0.5) is 0 Å². The Morgan fingerprint density at radius 2 is 2.20 bits per heavy atom. The van der Waals surface area contributed by atoms with E-state index >= 15 is 0 Å². The lowest BCUT2D eigenvalue weighted by Crippen LogP contribution is -2.20. The van der Waals surface area contributed by atoms with Gasteiger partial charge in [0.15, 0.2) is 0 Å². The number of carbonyl (C=O) groups excluding carboxylic acids is 1. The maximum atomic E-state index is 11.5. The monoisotopic (exact) mass is 338 g/mol. The summed E-state index contributed by atoms with van der Waals surface area (Å²) >= 11 is 3.27. The van der Waals surface area contributed by atoms with Gasteiger partial charge in [-0.1, -0.05) is 15.9 Å². The Morgan fingerprint density at radius 3 is 2.90 bits per heavy atom. The number of carbonyl (C=O) groups is 1. The number of benzene rings is 1. The predicted molar refractivity (Wildman–Crippen MR) is 76.7 cm³/mol. The van der Waals surface area contributed by atoms with Gasteiger partial charge in [0.2, 0.25) is 5.91 Å². The first-order valence-electron chi connectivity index (χ1n) is 5.61. The lowest BCUT2D eigenvalue weighted by molar-refractivity contribution is -0.120. The number of rotatable bonds is 4. The number of hydrazone groups is 1. The molecule has 0 aliphatic heterocycles. The van der Waals surface area contributed by atoms with E-state index in [1.807, 2.05) is 0 Å². The Morgan fingerprint density at radius 1 is 1.40 bits per heavy atom. The highest BCUT2D eigenvalue weighted by Crippen LogP contribution is 2.19. The van der Waals surface area contributed by atoms with E-state index < -0.39 is 0 Å². The number of phenols is 1. The lowest BCUT2D eigenvalue weighted by Gasteiger charge is -2.00. The van der Waals surface area contributed by atoms with Crippen molar-refractivity contribution in [3.63, 3.8) is 0 Å². The third-order valence-corrected chi connectivity index (χ3v) is 2.88. The molecule has 1 heterocycles. The molecule has 0 radical (unpaired) electrons. The van der Waals surface area contributed by atoms with Crippen LogP contribution in [0, 0.1) is 0 Å². The second kappa shape index (κ2) is 6.20. The van der Waals surface area contributed by atoms with Crippen LogP contribution in [0.2, 0.25) is 0 Å². The van der Waals surface area contributed by atoms with Gasteiger partial charge in [-0.15, -0.1) is 0 Å². The number of nitrogens with one attached hydrogen (secondary N) is 3. The maximum Gasteiger partial charge on any atom is 0.264 e. The molecule has 7 nitrogen and oxygen atoms in total. The Balaban J connectivity index is 1.94. The van der Waals surface area contributed by atoms with E-state index in [-0.39, 0.29) is 23.6 Å². The fourth-order valence-electron chi connectivity index (χ4n) is 1.48. The predicted octanol–water partition coefficient (Wildman–Crippen LogP) is 0.864. The lowest BCUT2D eigenvalue weighted by atomic mass is 10.2. The third kappa shape index (κ3) is 3.82. The number of aromatic nitrogens is 2. The summed E-state index contributed by atoms with van der Waals surface area (Å²) in [6.45, 7) is 0. The summed E-state index contributed by atoms with van der Waals surface area (Å²) in [5, 5.41) is 18.2. The summed E-state index contributed by atoms with van der Waals surface area (Å²) < 4.78 is 0.785. The SMILES string of the molecule is O=C(Cc1cc(=O)[nH][nH]1)NN=Cc1cc(Br)ccc1O. The molecule has 0 saturated heterocycles. The van der Waals surface area contributed by atoms with E-state index in [4.69, 9.17) is 0 Å². The van der Waals surface area contributed by atoms with Crippen molar-refractivity contribution in [3.05, 3.63) is 50.3 Å². The molecule has 4 N–H and O–H groups in total. The van der Waals surface area contributed by atoms with Gasteiger partial charge in [0.25, 0.3) is 5.56 Å². The molecule has 0 atom stereocenters. The fraction of sp³-hybridized carbons (Fsp3) is 0.0833. The van der Waals surface area contributed by atoms with E-state index in [0.29, 0.717) is 11.3 Å². The highest BCUT2D eigenvalue weighted by molar-refractivity contribution is 9.10. The number of aromatic hydroxyl groups is 1. The van der Waals surface area contributed by atoms with Crippen molar-refractivity contribution in [2.24, 2.45) is 5.10 Å². The smallest absolute Gasteiger partial charge is 0.264 e. The summed E-state index contributed by atoms with van der Waals surface area (Å²) in [4.78, 5) is 22.4. The Labute approximate surface area is 121 Å². The number of amides is 1. The number of phenolic OH excluding ortho intramolecular Hbond substituents is 1. The van der Waals surface area contributed by atoms with Gasteiger partial charge in [-0.25, -0.2) is 5.43 Å². The van der Waals surface area contributed by atoms with Crippen LogP contribution in [-0.2, 0) is 11.2 Å². The highest BCUT2D eigenvalue weighted by atomic mass is 79.9. The van der Waals surface area contributed by atoms with E-state index in [1.165, 1.54) is 18.3 Å². The Hall–Kier alpha value is -2.35. The van der Waals surface area contributed by atoms with Crippen LogP contribution < -0.4 is 11.0 Å². The number of H-pyrrole nitrogens is 2. The minimum Gasteiger partial charge on any atom is -0.507 e. The molecule has 0 saturated carbocycles. The van der Waals surface area contributed by atoms with Crippen molar-refractivity contribution in [1.29, 1.82) is 0 Å². The fourth-order valence-corrected chi connectivity index (χ4v) is 1.86. The molecule has 0 aliphatic carbocycles. The quantitative estimate of drug-likeness (QED) is 0.490. The molecule has 104 valence electrons. The Kier molecular flexibility index (Phi) is 4.36. The maximum absolute atomic E-state index is 11.5. The summed E-state index contributed by atoms with van der Waals surface area (Å²) in [6, 6.07) is 6.16. The summed E-state index contributed by atoms with van der Waals surface area (Å²) in [6.07, 6.45) is 1.33. The van der Waals surface area contributed by atoms with Crippen molar-refractivity contribution < 1.29 is 9.90 Å². The topological polar surface area (TPSA) is 110 Å². The minimum absolute atomic E-state index is 0.000542. The molecule has 0 spiro atoms. The van der Waals surface area contributed by atoms with E-state index in [0.717, 1.165) is 4.47 Å². The van der Waals surface area contributed by atoms with Crippen molar-refractivity contribution in [1.82, 2.24) is 15.6 Å². The average Bonchev–Trinajstić information content (AvgIpc) is 2.79. The van der Waals surface area contributed by atoms with Crippen LogP contribution in [0.5, 0.6) is 5.75 Å². The summed E-state index contributed by atoms with van der Waals surface area (Å²) in [7, 11) is 0. The largest absolute Gasteiger partial charge is 0.507 e. The molecule has 1 amide bonds. The molecule has 1 aromatic carbocycles. The molecule has 0 aliphatic rings. The van der Waals surface area contributed by atoms with Crippen molar-refractivity contribution >= 4 is 28.1 Å². The van der Waals surface area contributed by atoms with Crippen LogP contribution in [-0.4, -0.2) is 27.4 Å². The van der Waals surface area contributed by atoms with Gasteiger partial charge in [0, 0.05) is 21.8 Å². The van der Waals surface area contributed by atoms with Gasteiger partial charge in [0.05, 0.1) is 12.6 Å². The number of nitrogens with zero attached hydrogens (tertiary/aromatic N) is 1. The van der Waals surface area contributed by atoms with E-state index in [9.17, 15) is 14.7 Å². The third-order valence-electron chi connectivity index (χ3n) is 2.39. The van der Waals surface area contributed by atoms with Gasteiger partial charge in [0.1, 0.15) is 5.75 Å². The number of halogens is 1. The highest BCUT2D eigenvalue weighted by Gasteiger charge is 2.04. The molecule has 0 bridgehead atoms. The second-order valence-electron chi connectivity index (χ2n) is 3.96. The zero-order valence-electron chi connectivity index (χ0n) is 10.2. The van der Waals surface area contributed by atoms with Crippen LogP contribution in [0.15, 0.2) is 38.6 Å². The second-order valence-corrected chi connectivity index (χ2v) is 4.87. The van der Waals surface area contributed by atoms with Crippen molar-refractivity contribution in [2.75, 3.05) is 0 Å². The number of hydrogen-bond donors (Lipinski definition) is 4. The zero-order chi connectivity index (χ0) is 14.5. The van der Waals surface area contributed by atoms with E-state index in [1.54, 1.807) is 12.1 Å². The van der Waals surface area contributed by atoms with Crippen molar-refractivity contribution in [2.45, 2.75) is 6.42 Å². The average molecular weight is 339 g/mol. The standard InChI is InChI=1S/C12H11BrN4O3/c13-8-1-2-10(18)7(3-8)6-14-16-11(19)4-9-5-12(20)17-15-9/h1-3,5-6,18H,4H2,(H,16,19)(H2,15,17,20).